The fourth-order valence-corrected chi connectivity index (χ4v) is 4.19. The Balaban J connectivity index is 1.44. The molecule has 1 aliphatic heterocycles. The third-order valence-electron chi connectivity index (χ3n) is 5.13. The van der Waals surface area contributed by atoms with E-state index in [4.69, 9.17) is 9.84 Å². The molecule has 180 valence electrons. The number of amides is 1. The van der Waals surface area contributed by atoms with E-state index >= 15 is 0 Å². The first-order valence-corrected chi connectivity index (χ1v) is 11.2. The van der Waals surface area contributed by atoms with Crippen LogP contribution >= 0.6 is 11.8 Å². The molecule has 1 fully saturated rings. The predicted octanol–water partition coefficient (Wildman–Crippen LogP) is 0.291. The number of imidazole rings is 1. The largest absolute Gasteiger partial charge is 0.508 e. The van der Waals surface area contributed by atoms with E-state index in [-0.39, 0.29) is 11.5 Å². The smallest absolute Gasteiger partial charge is 0.323 e. The molecule has 0 bridgehead atoms. The fourth-order valence-electron chi connectivity index (χ4n) is 3.42. The van der Waals surface area contributed by atoms with Gasteiger partial charge in [0.1, 0.15) is 30.8 Å². The summed E-state index contributed by atoms with van der Waals surface area (Å²) >= 11 is 0.747. The molecule has 4 atom stereocenters. The van der Waals surface area contributed by atoms with Crippen LogP contribution in [0.5, 0.6) is 5.75 Å². The molecule has 2 aromatic heterocycles. The minimum atomic E-state index is -1.31. The Hall–Kier alpha value is -3.46. The third kappa shape index (κ3) is 5.20. The number of phenolic OH excluding ortho intramolecular Hbond substituents is 1. The summed E-state index contributed by atoms with van der Waals surface area (Å²) in [5, 5.41) is 43.8. The summed E-state index contributed by atoms with van der Waals surface area (Å²) in [6, 6.07) is 6.69. The SMILES string of the molecule is O=C(O)CNC(=O)SC[C@H]1O[C@@H](n2cnc3c(NCc4ccc(O)cc4)ncnc32)C(O)[C@H]1O. The summed E-state index contributed by atoms with van der Waals surface area (Å²) in [6.45, 7) is -0.0984. The quantitative estimate of drug-likeness (QED) is 0.253. The standard InChI is InChI=1S/C20H22N6O7S/c27-11-3-1-10(2-4-11)5-21-17-14-18(24-8-23-17)26(9-25-14)19-16(31)15(30)12(33-19)7-34-20(32)22-6-13(28)29/h1-4,8-9,12,15-16,19,27,30-31H,5-7H2,(H,22,32)(H,28,29)(H,21,23,24)/t12-,15+,16?,19-/m1/s1. The molecule has 4 rings (SSSR count). The van der Waals surface area contributed by atoms with E-state index < -0.39 is 42.3 Å². The molecule has 1 aromatic carbocycles. The fraction of sp³-hybridized carbons (Fsp3) is 0.350. The summed E-state index contributed by atoms with van der Waals surface area (Å²) in [5.74, 6) is -0.553. The van der Waals surface area contributed by atoms with E-state index in [0.717, 1.165) is 17.3 Å². The highest BCUT2D eigenvalue weighted by atomic mass is 32.2. The van der Waals surface area contributed by atoms with Crippen LogP contribution in [0.3, 0.4) is 0 Å². The maximum atomic E-state index is 11.7. The van der Waals surface area contributed by atoms with Gasteiger partial charge in [-0.2, -0.15) is 0 Å². The van der Waals surface area contributed by atoms with Crippen LogP contribution in [0.15, 0.2) is 36.9 Å². The minimum absolute atomic E-state index is 0.00122. The van der Waals surface area contributed by atoms with Gasteiger partial charge in [0.05, 0.1) is 12.4 Å². The lowest BCUT2D eigenvalue weighted by Gasteiger charge is -2.16. The van der Waals surface area contributed by atoms with Gasteiger partial charge in [-0.05, 0) is 17.7 Å². The summed E-state index contributed by atoms with van der Waals surface area (Å²) in [7, 11) is 0. The second-order valence-corrected chi connectivity index (χ2v) is 8.45. The highest BCUT2D eigenvalue weighted by Crippen LogP contribution is 2.33. The summed E-state index contributed by atoms with van der Waals surface area (Å²) in [4.78, 5) is 35.0. The Bertz CT molecular complexity index is 1170. The van der Waals surface area contributed by atoms with Crippen molar-refractivity contribution < 1.29 is 34.8 Å². The molecule has 6 N–H and O–H groups in total. The van der Waals surface area contributed by atoms with Crippen molar-refractivity contribution >= 4 is 40.0 Å². The van der Waals surface area contributed by atoms with Crippen molar-refractivity contribution in [3.05, 3.63) is 42.5 Å². The number of hydrogen-bond acceptors (Lipinski definition) is 11. The molecule has 3 aromatic rings. The zero-order valence-electron chi connectivity index (χ0n) is 17.6. The number of rotatable bonds is 8. The van der Waals surface area contributed by atoms with Gasteiger partial charge >= 0.3 is 5.97 Å². The number of benzene rings is 1. The maximum Gasteiger partial charge on any atom is 0.323 e. The molecule has 0 radical (unpaired) electrons. The van der Waals surface area contributed by atoms with Crippen LogP contribution in [0, 0.1) is 0 Å². The number of thioether (sulfide) groups is 1. The second-order valence-electron chi connectivity index (χ2n) is 7.46. The Kier molecular flexibility index (Phi) is 7.12. The Morgan fingerprint density at radius 3 is 2.62 bits per heavy atom. The minimum Gasteiger partial charge on any atom is -0.508 e. The number of phenols is 1. The first kappa shape index (κ1) is 23.7. The van der Waals surface area contributed by atoms with Gasteiger partial charge in [-0.1, -0.05) is 23.9 Å². The summed E-state index contributed by atoms with van der Waals surface area (Å²) < 4.78 is 7.27. The van der Waals surface area contributed by atoms with E-state index in [1.54, 1.807) is 24.3 Å². The first-order chi connectivity index (χ1) is 16.3. The second kappa shape index (κ2) is 10.2. The van der Waals surface area contributed by atoms with Crippen molar-refractivity contribution in [3.63, 3.8) is 0 Å². The maximum absolute atomic E-state index is 11.7. The first-order valence-electron chi connectivity index (χ1n) is 10.2. The molecule has 0 aliphatic carbocycles. The molecule has 1 saturated heterocycles. The van der Waals surface area contributed by atoms with Crippen LogP contribution in [0.4, 0.5) is 10.6 Å². The molecule has 13 nitrogen and oxygen atoms in total. The molecule has 1 unspecified atom stereocenters. The van der Waals surface area contributed by atoms with Crippen LogP contribution < -0.4 is 10.6 Å². The number of carbonyl (C=O) groups is 2. The van der Waals surface area contributed by atoms with Crippen molar-refractivity contribution in [1.82, 2.24) is 24.8 Å². The number of nitrogens with zero attached hydrogens (tertiary/aromatic N) is 4. The van der Waals surface area contributed by atoms with Crippen LogP contribution in [0.25, 0.3) is 11.2 Å². The number of carboxylic acid groups (broad SMARTS) is 1. The van der Waals surface area contributed by atoms with E-state index in [2.05, 4.69) is 25.6 Å². The Labute approximate surface area is 196 Å². The van der Waals surface area contributed by atoms with Crippen molar-refractivity contribution in [2.24, 2.45) is 0 Å². The predicted molar refractivity (Wildman–Crippen MR) is 120 cm³/mol. The van der Waals surface area contributed by atoms with Gasteiger partial charge in [0, 0.05) is 12.3 Å². The monoisotopic (exact) mass is 490 g/mol. The van der Waals surface area contributed by atoms with Crippen molar-refractivity contribution in [3.8, 4) is 5.75 Å². The number of aliphatic carboxylic acids is 1. The number of aromatic nitrogens is 4. The van der Waals surface area contributed by atoms with E-state index in [9.17, 15) is 24.9 Å². The number of carbonyl (C=O) groups excluding carboxylic acids is 1. The molecule has 3 heterocycles. The van der Waals surface area contributed by atoms with Gasteiger partial charge in [0.2, 0.25) is 0 Å². The van der Waals surface area contributed by atoms with Crippen LogP contribution in [-0.4, -0.2) is 81.8 Å². The van der Waals surface area contributed by atoms with Crippen molar-refractivity contribution in [1.29, 1.82) is 0 Å². The highest BCUT2D eigenvalue weighted by molar-refractivity contribution is 8.13. The van der Waals surface area contributed by atoms with Crippen LogP contribution in [-0.2, 0) is 16.1 Å². The van der Waals surface area contributed by atoms with E-state index in [0.29, 0.717) is 23.5 Å². The molecule has 1 amide bonds. The lowest BCUT2D eigenvalue weighted by Crippen LogP contribution is -2.33. The lowest BCUT2D eigenvalue weighted by molar-refractivity contribution is -0.135. The number of carboxylic acids is 1. The Morgan fingerprint density at radius 2 is 1.88 bits per heavy atom. The molecule has 14 heteroatoms. The molecular formula is C20H22N6O7S. The van der Waals surface area contributed by atoms with Gasteiger partial charge < -0.3 is 35.8 Å². The topological polar surface area (TPSA) is 192 Å². The van der Waals surface area contributed by atoms with Crippen molar-refractivity contribution in [2.75, 3.05) is 17.6 Å². The molecule has 34 heavy (non-hydrogen) atoms. The zero-order valence-corrected chi connectivity index (χ0v) is 18.4. The number of fused-ring (bicyclic) bond motifs is 1. The normalized spacial score (nSPS) is 22.1. The van der Waals surface area contributed by atoms with Crippen LogP contribution in [0.1, 0.15) is 11.8 Å². The van der Waals surface area contributed by atoms with Crippen molar-refractivity contribution in [2.45, 2.75) is 31.1 Å². The van der Waals surface area contributed by atoms with Gasteiger partial charge in [-0.3, -0.25) is 14.2 Å². The zero-order chi connectivity index (χ0) is 24.2. The third-order valence-corrected chi connectivity index (χ3v) is 6.03. The van der Waals surface area contributed by atoms with Gasteiger partial charge in [0.25, 0.3) is 5.24 Å². The number of anilines is 1. The molecule has 1 aliphatic rings. The number of aliphatic hydroxyl groups excluding tert-OH is 2. The van der Waals surface area contributed by atoms with E-state index in [1.165, 1.54) is 17.2 Å². The highest BCUT2D eigenvalue weighted by Gasteiger charge is 2.44. The number of aromatic hydroxyl groups is 1. The number of ether oxygens (including phenoxy) is 1. The lowest BCUT2D eigenvalue weighted by atomic mass is 10.1. The number of aliphatic hydroxyl groups is 2. The number of hydrogen-bond donors (Lipinski definition) is 6. The molecular weight excluding hydrogens is 468 g/mol. The summed E-state index contributed by atoms with van der Waals surface area (Å²) in [5.41, 5.74) is 1.71. The molecule has 0 saturated carbocycles. The van der Waals surface area contributed by atoms with Gasteiger partial charge in [-0.25, -0.2) is 15.0 Å². The van der Waals surface area contributed by atoms with Gasteiger partial charge in [-0.15, -0.1) is 0 Å². The van der Waals surface area contributed by atoms with Crippen LogP contribution in [0.2, 0.25) is 0 Å². The van der Waals surface area contributed by atoms with E-state index in [1.807, 2.05) is 0 Å². The summed E-state index contributed by atoms with van der Waals surface area (Å²) in [6.07, 6.45) is -1.73. The average Bonchev–Trinajstić information content (AvgIpc) is 3.37. The molecule has 0 spiro atoms. The number of nitrogens with one attached hydrogen (secondary N) is 2. The Morgan fingerprint density at radius 1 is 1.12 bits per heavy atom. The average molecular weight is 490 g/mol. The van der Waals surface area contributed by atoms with Gasteiger partial charge in [0.15, 0.2) is 23.2 Å².